The molecule has 0 aliphatic carbocycles. The summed E-state index contributed by atoms with van der Waals surface area (Å²) in [6, 6.07) is 8.95. The van der Waals surface area contributed by atoms with Gasteiger partial charge in [-0.25, -0.2) is 0 Å². The molecule has 1 aromatic rings. The van der Waals surface area contributed by atoms with Crippen LogP contribution in [0.2, 0.25) is 0 Å². The molecule has 2 heteroatoms. The number of ether oxygens (including phenoxy) is 1. The fourth-order valence-corrected chi connectivity index (χ4v) is 1.53. The van der Waals surface area contributed by atoms with Crippen molar-refractivity contribution in [2.75, 3.05) is 13.7 Å². The van der Waals surface area contributed by atoms with Gasteiger partial charge in [-0.3, -0.25) is 0 Å². The summed E-state index contributed by atoms with van der Waals surface area (Å²) in [7, 11) is 1.75. The Kier molecular flexibility index (Phi) is 4.51. The maximum absolute atomic E-state index is 5.39. The van der Waals surface area contributed by atoms with Gasteiger partial charge in [-0.15, -0.1) is 0 Å². The van der Waals surface area contributed by atoms with Crippen LogP contribution in [-0.2, 0) is 4.74 Å². The van der Waals surface area contributed by atoms with Crippen molar-refractivity contribution in [3.8, 4) is 0 Å². The first-order valence-corrected chi connectivity index (χ1v) is 5.80. The van der Waals surface area contributed by atoms with Crippen LogP contribution >= 0.6 is 0 Å². The Bertz CT molecular complexity index is 333. The maximum atomic E-state index is 5.39. The quantitative estimate of drug-likeness (QED) is 0.825. The topological polar surface area (TPSA) is 21.3 Å². The monoisotopic (exact) mass is 221 g/mol. The van der Waals surface area contributed by atoms with Gasteiger partial charge in [-0.1, -0.05) is 29.8 Å². The van der Waals surface area contributed by atoms with Crippen LogP contribution in [0.3, 0.4) is 0 Å². The van der Waals surface area contributed by atoms with Crippen molar-refractivity contribution in [1.29, 1.82) is 0 Å². The number of benzene rings is 1. The van der Waals surface area contributed by atoms with Gasteiger partial charge >= 0.3 is 0 Å². The summed E-state index contributed by atoms with van der Waals surface area (Å²) in [6.45, 7) is 9.32. The van der Waals surface area contributed by atoms with E-state index in [1.165, 1.54) is 11.1 Å². The lowest BCUT2D eigenvalue weighted by Gasteiger charge is -2.26. The third kappa shape index (κ3) is 3.95. The lowest BCUT2D eigenvalue weighted by atomic mass is 10.0. The van der Waals surface area contributed by atoms with Gasteiger partial charge in [0.1, 0.15) is 0 Å². The molecule has 0 spiro atoms. The van der Waals surface area contributed by atoms with Gasteiger partial charge in [0, 0.05) is 19.7 Å². The molecule has 0 aliphatic rings. The van der Waals surface area contributed by atoms with Gasteiger partial charge in [0.05, 0.1) is 5.60 Å². The number of hydrogen-bond donors (Lipinski definition) is 1. The van der Waals surface area contributed by atoms with Gasteiger partial charge < -0.3 is 10.1 Å². The van der Waals surface area contributed by atoms with Crippen LogP contribution in [0.4, 0.5) is 0 Å². The first-order chi connectivity index (χ1) is 7.44. The molecule has 0 amide bonds. The highest BCUT2D eigenvalue weighted by Crippen LogP contribution is 2.15. The Morgan fingerprint density at radius 3 is 2.62 bits per heavy atom. The Morgan fingerprint density at radius 2 is 2.06 bits per heavy atom. The number of hydrogen-bond acceptors (Lipinski definition) is 2. The van der Waals surface area contributed by atoms with Crippen LogP contribution < -0.4 is 5.32 Å². The van der Waals surface area contributed by atoms with Crippen LogP contribution in [0.1, 0.15) is 37.9 Å². The van der Waals surface area contributed by atoms with Crippen molar-refractivity contribution in [2.45, 2.75) is 39.3 Å². The number of rotatable bonds is 5. The second-order valence-electron chi connectivity index (χ2n) is 4.98. The second kappa shape index (κ2) is 5.46. The van der Waals surface area contributed by atoms with Crippen molar-refractivity contribution < 1.29 is 4.74 Å². The van der Waals surface area contributed by atoms with Crippen LogP contribution in [0.15, 0.2) is 24.3 Å². The summed E-state index contributed by atoms with van der Waals surface area (Å²) < 4.78 is 5.39. The number of methoxy groups -OCH3 is 1. The SMILES string of the molecule is COC(C)(C)CNC(C)c1cccc(C)c1. The summed E-state index contributed by atoms with van der Waals surface area (Å²) in [6.07, 6.45) is 0. The van der Waals surface area contributed by atoms with Crippen molar-refractivity contribution in [3.63, 3.8) is 0 Å². The number of aryl methyl sites for hydroxylation is 1. The molecule has 1 aromatic carbocycles. The minimum Gasteiger partial charge on any atom is -0.377 e. The zero-order valence-electron chi connectivity index (χ0n) is 11.0. The molecule has 0 aliphatic heterocycles. The summed E-state index contributed by atoms with van der Waals surface area (Å²) in [5.41, 5.74) is 2.52. The maximum Gasteiger partial charge on any atom is 0.0746 e. The van der Waals surface area contributed by atoms with E-state index in [0.29, 0.717) is 6.04 Å². The molecule has 0 fully saturated rings. The van der Waals surface area contributed by atoms with E-state index in [2.05, 4.69) is 57.3 Å². The molecule has 0 saturated carbocycles. The molecule has 16 heavy (non-hydrogen) atoms. The molecule has 1 N–H and O–H groups in total. The zero-order chi connectivity index (χ0) is 12.2. The van der Waals surface area contributed by atoms with E-state index < -0.39 is 0 Å². The molecule has 0 bridgehead atoms. The van der Waals surface area contributed by atoms with E-state index >= 15 is 0 Å². The van der Waals surface area contributed by atoms with E-state index in [4.69, 9.17) is 4.74 Å². The molecule has 0 heterocycles. The molecule has 2 nitrogen and oxygen atoms in total. The van der Waals surface area contributed by atoms with Crippen molar-refractivity contribution in [3.05, 3.63) is 35.4 Å². The largest absolute Gasteiger partial charge is 0.377 e. The van der Waals surface area contributed by atoms with Crippen LogP contribution in [0.25, 0.3) is 0 Å². The Hall–Kier alpha value is -0.860. The first-order valence-electron chi connectivity index (χ1n) is 5.80. The van der Waals surface area contributed by atoms with Crippen molar-refractivity contribution >= 4 is 0 Å². The van der Waals surface area contributed by atoms with Gasteiger partial charge in [0.25, 0.3) is 0 Å². The molecular formula is C14H23NO. The third-order valence-corrected chi connectivity index (χ3v) is 2.93. The highest BCUT2D eigenvalue weighted by molar-refractivity contribution is 5.24. The molecule has 90 valence electrons. The van der Waals surface area contributed by atoms with E-state index in [-0.39, 0.29) is 5.60 Å². The highest BCUT2D eigenvalue weighted by atomic mass is 16.5. The van der Waals surface area contributed by atoms with E-state index in [1.54, 1.807) is 7.11 Å². The van der Waals surface area contributed by atoms with Gasteiger partial charge in [0.2, 0.25) is 0 Å². The molecule has 1 unspecified atom stereocenters. The standard InChI is InChI=1S/C14H23NO/c1-11-7-6-8-13(9-11)12(2)15-10-14(3,4)16-5/h6-9,12,15H,10H2,1-5H3. The lowest BCUT2D eigenvalue weighted by Crippen LogP contribution is -2.37. The lowest BCUT2D eigenvalue weighted by molar-refractivity contribution is 0.0214. The first kappa shape index (κ1) is 13.2. The van der Waals surface area contributed by atoms with Crippen molar-refractivity contribution in [1.82, 2.24) is 5.32 Å². The minimum atomic E-state index is -0.113. The van der Waals surface area contributed by atoms with Crippen LogP contribution in [0.5, 0.6) is 0 Å². The van der Waals surface area contributed by atoms with E-state index in [1.807, 2.05) is 0 Å². The molecule has 1 rings (SSSR count). The Morgan fingerprint density at radius 1 is 1.38 bits per heavy atom. The fraction of sp³-hybridized carbons (Fsp3) is 0.571. The van der Waals surface area contributed by atoms with E-state index in [0.717, 1.165) is 6.54 Å². The molecule has 1 atom stereocenters. The fourth-order valence-electron chi connectivity index (χ4n) is 1.53. The minimum absolute atomic E-state index is 0.113. The summed E-state index contributed by atoms with van der Waals surface area (Å²) >= 11 is 0. The molecular weight excluding hydrogens is 198 g/mol. The average Bonchev–Trinajstić information content (AvgIpc) is 2.26. The van der Waals surface area contributed by atoms with Gasteiger partial charge in [-0.2, -0.15) is 0 Å². The van der Waals surface area contributed by atoms with Gasteiger partial charge in [-0.05, 0) is 33.3 Å². The Balaban J connectivity index is 2.56. The van der Waals surface area contributed by atoms with Crippen LogP contribution in [-0.4, -0.2) is 19.3 Å². The third-order valence-electron chi connectivity index (χ3n) is 2.93. The summed E-state index contributed by atoms with van der Waals surface area (Å²) in [5, 5.41) is 3.49. The second-order valence-corrected chi connectivity index (χ2v) is 4.98. The molecule has 0 saturated heterocycles. The molecule has 0 aromatic heterocycles. The smallest absolute Gasteiger partial charge is 0.0746 e. The summed E-state index contributed by atoms with van der Waals surface area (Å²) in [4.78, 5) is 0. The Labute approximate surface area is 99.0 Å². The van der Waals surface area contributed by atoms with Gasteiger partial charge in [0.15, 0.2) is 0 Å². The average molecular weight is 221 g/mol. The normalized spacial score (nSPS) is 13.8. The molecule has 0 radical (unpaired) electrons. The number of nitrogens with one attached hydrogen (secondary N) is 1. The predicted octanol–water partition coefficient (Wildman–Crippen LogP) is 3.07. The van der Waals surface area contributed by atoms with Crippen molar-refractivity contribution in [2.24, 2.45) is 0 Å². The van der Waals surface area contributed by atoms with Crippen LogP contribution in [0, 0.1) is 6.92 Å². The summed E-state index contributed by atoms with van der Waals surface area (Å²) in [5.74, 6) is 0. The van der Waals surface area contributed by atoms with E-state index in [9.17, 15) is 0 Å². The predicted molar refractivity (Wildman–Crippen MR) is 68.7 cm³/mol. The highest BCUT2D eigenvalue weighted by Gasteiger charge is 2.17. The zero-order valence-corrected chi connectivity index (χ0v) is 11.0.